The van der Waals surface area contributed by atoms with Gasteiger partial charge in [-0.05, 0) is 172 Å². The van der Waals surface area contributed by atoms with Crippen LogP contribution in [0.25, 0.3) is 0 Å². The van der Waals surface area contributed by atoms with Gasteiger partial charge in [0.15, 0.2) is 6.29 Å². The molecule has 9 nitrogen and oxygen atoms in total. The Morgan fingerprint density at radius 3 is 0.930 bits per heavy atom. The smallest absolute Gasteiger partial charge is 0.365 e. The van der Waals surface area contributed by atoms with Crippen LogP contribution in [0.4, 0.5) is 0 Å². The van der Waals surface area contributed by atoms with Gasteiger partial charge in [-0.15, -0.1) is 4.67 Å². The third-order valence-corrected chi connectivity index (χ3v) is 11.4. The second kappa shape index (κ2) is 31.7. The van der Waals surface area contributed by atoms with Gasteiger partial charge in [-0.1, -0.05) is 105 Å². The van der Waals surface area contributed by atoms with Crippen molar-refractivity contribution in [3.63, 3.8) is 0 Å². The van der Waals surface area contributed by atoms with Gasteiger partial charge < -0.3 is 19.8 Å². The van der Waals surface area contributed by atoms with E-state index in [2.05, 4.69) is 125 Å². The summed E-state index contributed by atoms with van der Waals surface area (Å²) < 4.78 is 29.6. The number of aliphatic hydroxyl groups excluding tert-OH is 1. The number of rotatable bonds is 31. The number of allylic oxidation sites excluding steroid dienone is 17. The lowest BCUT2D eigenvalue weighted by Crippen LogP contribution is -2.11. The molecule has 0 fully saturated rings. The molecule has 2 atom stereocenters. The minimum Gasteiger partial charge on any atom is -0.365 e. The zero-order chi connectivity index (χ0) is 43.3. The topological polar surface area (TPSA) is 143 Å². The molecule has 0 aromatic carbocycles. The predicted molar refractivity (Wildman–Crippen MR) is 239 cm³/mol. The number of hydrogen-bond donors (Lipinski definition) is 4. The summed E-state index contributed by atoms with van der Waals surface area (Å²) in [6, 6.07) is 0. The van der Waals surface area contributed by atoms with Gasteiger partial charge in [0.25, 0.3) is 0 Å². The van der Waals surface area contributed by atoms with Crippen LogP contribution >= 0.6 is 15.6 Å². The molecule has 0 aliphatic carbocycles. The van der Waals surface area contributed by atoms with Crippen LogP contribution in [0, 0.1) is 0 Å². The SMILES string of the molecule is CC(C)=CCC/C(C)=C/CC/C(C)=C/CC/C(C)=C/CC/C(C)=C/CC/C(C)=C/CC/C(C)=C/CC/C(C)=C/CC/C(C)=C/C[C@@H](O)OOP(=O)(O)OP(=O)(O)O. The van der Waals surface area contributed by atoms with Crippen molar-refractivity contribution in [3.05, 3.63) is 105 Å². The Morgan fingerprint density at radius 2 is 0.684 bits per heavy atom. The maximum atomic E-state index is 11.4. The van der Waals surface area contributed by atoms with Crippen molar-refractivity contribution in [2.45, 2.75) is 185 Å². The van der Waals surface area contributed by atoms with Crippen molar-refractivity contribution in [1.82, 2.24) is 0 Å². The first-order valence-electron chi connectivity index (χ1n) is 20.7. The molecule has 0 heterocycles. The molecule has 0 bridgehead atoms. The van der Waals surface area contributed by atoms with Crippen LogP contribution in [0.1, 0.15) is 178 Å². The maximum absolute atomic E-state index is 11.4. The predicted octanol–water partition coefficient (Wildman–Crippen LogP) is 14.6. The summed E-state index contributed by atoms with van der Waals surface area (Å²) in [4.78, 5) is 30.6. The summed E-state index contributed by atoms with van der Waals surface area (Å²) in [7, 11) is -10.4. The van der Waals surface area contributed by atoms with Crippen molar-refractivity contribution in [3.8, 4) is 0 Å². The first kappa shape index (κ1) is 54.8. The van der Waals surface area contributed by atoms with Gasteiger partial charge in [-0.3, -0.25) is 0 Å². The van der Waals surface area contributed by atoms with E-state index in [9.17, 15) is 14.2 Å². The third-order valence-electron chi connectivity index (χ3n) is 9.44. The average molecular weight is 837 g/mol. The van der Waals surface area contributed by atoms with Crippen LogP contribution in [0.5, 0.6) is 0 Å². The van der Waals surface area contributed by atoms with Crippen LogP contribution in [0.2, 0.25) is 0 Å². The normalized spacial score (nSPS) is 16.2. The van der Waals surface area contributed by atoms with Gasteiger partial charge in [-0.2, -0.15) is 9.20 Å². The molecule has 1 unspecified atom stereocenters. The van der Waals surface area contributed by atoms with E-state index in [1.165, 1.54) is 51.0 Å². The zero-order valence-electron chi connectivity index (χ0n) is 37.0. The molecule has 0 amide bonds. The van der Waals surface area contributed by atoms with Crippen molar-refractivity contribution in [2.75, 3.05) is 0 Å². The Bertz CT molecular complexity index is 1550. The third kappa shape index (κ3) is 36.6. The maximum Gasteiger partial charge on any atom is 0.508 e. The average Bonchev–Trinajstić information content (AvgIpc) is 3.08. The largest absolute Gasteiger partial charge is 0.508 e. The number of aliphatic hydroxyl groups is 1. The second-order valence-corrected chi connectivity index (χ2v) is 18.6. The lowest BCUT2D eigenvalue weighted by atomic mass is 10.0. The van der Waals surface area contributed by atoms with Crippen LogP contribution in [-0.4, -0.2) is 26.1 Å². The Labute approximate surface area is 347 Å². The van der Waals surface area contributed by atoms with Crippen molar-refractivity contribution in [2.24, 2.45) is 0 Å². The molecule has 0 radical (unpaired) electrons. The van der Waals surface area contributed by atoms with Crippen molar-refractivity contribution < 1.29 is 42.8 Å². The molecule has 0 saturated carbocycles. The Balaban J connectivity index is 4.31. The number of phosphoric acid groups is 2. The van der Waals surface area contributed by atoms with E-state index >= 15 is 0 Å². The van der Waals surface area contributed by atoms with Gasteiger partial charge >= 0.3 is 15.6 Å². The quantitative estimate of drug-likeness (QED) is 0.0176. The summed E-state index contributed by atoms with van der Waals surface area (Å²) in [5.41, 5.74) is 12.5. The van der Waals surface area contributed by atoms with Crippen LogP contribution in [-0.2, 0) is 23.0 Å². The fourth-order valence-electron chi connectivity index (χ4n) is 5.82. The van der Waals surface area contributed by atoms with Gasteiger partial charge in [0, 0.05) is 6.42 Å². The summed E-state index contributed by atoms with van der Waals surface area (Å²) >= 11 is 0. The van der Waals surface area contributed by atoms with E-state index in [4.69, 9.17) is 14.7 Å². The second-order valence-electron chi connectivity index (χ2n) is 15.9. The molecule has 11 heteroatoms. The molecule has 326 valence electrons. The van der Waals surface area contributed by atoms with Crippen molar-refractivity contribution in [1.29, 1.82) is 0 Å². The van der Waals surface area contributed by atoms with Gasteiger partial charge in [0.05, 0.1) is 0 Å². The van der Waals surface area contributed by atoms with Gasteiger partial charge in [0.1, 0.15) is 0 Å². The molecule has 4 N–H and O–H groups in total. The summed E-state index contributed by atoms with van der Waals surface area (Å²) in [6.07, 6.45) is 36.0. The van der Waals surface area contributed by atoms with Crippen LogP contribution in [0.15, 0.2) is 105 Å². The van der Waals surface area contributed by atoms with Gasteiger partial charge in [0.2, 0.25) is 0 Å². The van der Waals surface area contributed by atoms with E-state index < -0.39 is 21.9 Å². The molecular formula is C46H78O9P2. The lowest BCUT2D eigenvalue weighted by Gasteiger charge is -2.13. The number of hydrogen-bond acceptors (Lipinski definition) is 6. The Morgan fingerprint density at radius 1 is 0.439 bits per heavy atom. The molecule has 0 aromatic heterocycles. The summed E-state index contributed by atoms with van der Waals surface area (Å²) in [5.74, 6) is 0. The van der Waals surface area contributed by atoms with Crippen LogP contribution in [0.3, 0.4) is 0 Å². The van der Waals surface area contributed by atoms with Gasteiger partial charge in [-0.25, -0.2) is 9.13 Å². The molecule has 0 spiro atoms. The lowest BCUT2D eigenvalue weighted by molar-refractivity contribution is -0.313. The Kier molecular flexibility index (Phi) is 30.5. The van der Waals surface area contributed by atoms with Crippen molar-refractivity contribution >= 4 is 15.6 Å². The summed E-state index contributed by atoms with van der Waals surface area (Å²) in [5, 5.41) is 9.75. The van der Waals surface area contributed by atoms with E-state index in [1.807, 2.05) is 6.92 Å². The minimum atomic E-state index is -5.26. The van der Waals surface area contributed by atoms with E-state index in [1.54, 1.807) is 6.08 Å². The molecule has 0 aromatic rings. The first-order chi connectivity index (χ1) is 26.7. The minimum absolute atomic E-state index is 0.0481. The Hall–Kier alpha value is -2.16. The van der Waals surface area contributed by atoms with E-state index in [-0.39, 0.29) is 6.42 Å². The van der Waals surface area contributed by atoms with E-state index in [0.29, 0.717) is 0 Å². The standard InChI is InChI=1S/C46H78O9P2/c1-37(2)19-11-20-38(3)21-12-22-39(4)23-13-24-40(5)25-14-26-41(6)27-15-28-42(7)29-16-30-43(8)31-17-32-44(9)33-18-34-45(10)35-36-46(47)53-54-57(51,52)55-56(48,49)50/h19,21,23,25,27,29,31,33,35,46-47H,11-18,20,22,24,26,28,30,32,34,36H2,1-10H3,(H,51,52)(H2,48,49,50)/b38-21+,39-23+,40-25+,41-27+,42-29+,43-31+,44-33+,45-35+/t46-/m0/s1. The van der Waals surface area contributed by atoms with Crippen LogP contribution < -0.4 is 0 Å². The molecule has 57 heavy (non-hydrogen) atoms. The first-order valence-corrected chi connectivity index (χ1v) is 23.7. The monoisotopic (exact) mass is 837 g/mol. The summed E-state index contributed by atoms with van der Waals surface area (Å²) in [6.45, 7) is 21.9. The highest BCUT2D eigenvalue weighted by Crippen LogP contribution is 2.57. The fraction of sp³-hybridized carbons (Fsp3) is 0.609. The molecule has 0 rings (SSSR count). The molecule has 0 saturated heterocycles. The molecule has 0 aliphatic heterocycles. The molecular weight excluding hydrogens is 758 g/mol. The highest BCUT2D eigenvalue weighted by molar-refractivity contribution is 7.60. The fourth-order valence-corrected chi connectivity index (χ4v) is 7.21. The van der Waals surface area contributed by atoms with E-state index in [0.717, 1.165) is 102 Å². The zero-order valence-corrected chi connectivity index (χ0v) is 38.8. The molecule has 0 aliphatic rings. The highest BCUT2D eigenvalue weighted by Gasteiger charge is 2.34. The highest BCUT2D eigenvalue weighted by atomic mass is 31.3.